The lowest BCUT2D eigenvalue weighted by Crippen LogP contribution is -2.50. The number of methoxy groups -OCH3 is 1. The average molecular weight is 369 g/mol. The first-order valence-corrected chi connectivity index (χ1v) is 12.3. The Kier molecular flexibility index (Phi) is 4.02. The zero-order valence-electron chi connectivity index (χ0n) is 15.7. The van der Waals surface area contributed by atoms with E-state index in [1.54, 1.807) is 28.6 Å². The maximum atomic E-state index is 5.42. The van der Waals surface area contributed by atoms with Gasteiger partial charge in [0, 0.05) is 0 Å². The van der Waals surface area contributed by atoms with E-state index in [-0.39, 0.29) is 0 Å². The lowest BCUT2D eigenvalue weighted by Gasteiger charge is -2.36. The largest absolute Gasteiger partial charge is 0.497 e. The fraction of sp³-hybridized carbons (Fsp3) is 0.200. The quantitative estimate of drug-likeness (QED) is 0.563. The summed E-state index contributed by atoms with van der Waals surface area (Å²) in [6.45, 7) is 0. The minimum atomic E-state index is -1.79. The number of fused-ring (bicyclic) bond motifs is 3. The Bertz CT molecular complexity index is 1000. The second kappa shape index (κ2) is 6.54. The first-order valence-electron chi connectivity index (χ1n) is 9.84. The molecule has 2 heteroatoms. The third kappa shape index (κ3) is 2.59. The van der Waals surface area contributed by atoms with Crippen LogP contribution in [0.25, 0.3) is 10.8 Å². The summed E-state index contributed by atoms with van der Waals surface area (Å²) in [7, 11) is -0.0416. The Labute approximate surface area is 162 Å². The summed E-state index contributed by atoms with van der Waals surface area (Å²) in [6.07, 6.45) is 2.48. The molecular weight excluding hydrogens is 344 g/mol. The van der Waals surface area contributed by atoms with E-state index < -0.39 is 8.07 Å². The Hall–Kier alpha value is -2.58. The molecule has 0 fully saturated rings. The number of allylic oxidation sites excluding steroid dienone is 1. The SMILES string of the molecule is COc1ccc([Si@]23CCCC(c4ccccc4)=C2c2ccccc2C3)cc1. The molecule has 2 aliphatic rings. The van der Waals surface area contributed by atoms with Crippen molar-refractivity contribution in [2.45, 2.75) is 24.9 Å². The van der Waals surface area contributed by atoms with Crippen LogP contribution in [0.1, 0.15) is 29.5 Å². The molecule has 3 aromatic rings. The number of rotatable bonds is 3. The summed E-state index contributed by atoms with van der Waals surface area (Å²) < 4.78 is 5.42. The molecule has 3 aromatic carbocycles. The molecule has 1 nitrogen and oxygen atoms in total. The topological polar surface area (TPSA) is 9.23 Å². The maximum Gasteiger partial charge on any atom is 0.123 e. The van der Waals surface area contributed by atoms with Crippen molar-refractivity contribution in [1.29, 1.82) is 0 Å². The zero-order chi connectivity index (χ0) is 18.3. The van der Waals surface area contributed by atoms with Crippen LogP contribution in [0, 0.1) is 0 Å². The molecule has 1 atom stereocenters. The van der Waals surface area contributed by atoms with Gasteiger partial charge in [-0.2, -0.15) is 0 Å². The van der Waals surface area contributed by atoms with Gasteiger partial charge >= 0.3 is 0 Å². The fourth-order valence-corrected chi connectivity index (χ4v) is 10.7. The van der Waals surface area contributed by atoms with Gasteiger partial charge in [0.05, 0.1) is 7.11 Å². The molecule has 5 rings (SSSR count). The van der Waals surface area contributed by atoms with Gasteiger partial charge in [0.2, 0.25) is 0 Å². The van der Waals surface area contributed by atoms with Crippen molar-refractivity contribution >= 4 is 24.0 Å². The standard InChI is InChI=1S/C25H24OSi/c1-26-21-13-15-22(16-14-21)27-17-7-12-23(19-8-3-2-4-9-19)25(27)24-11-6-5-10-20(24)18-27/h2-6,8-11,13-16H,7,12,17-18H2,1H3/t27-/m1/s1. The van der Waals surface area contributed by atoms with Gasteiger partial charge in [0.15, 0.2) is 0 Å². The average Bonchev–Trinajstić information content (AvgIpc) is 3.10. The van der Waals surface area contributed by atoms with Gasteiger partial charge < -0.3 is 4.74 Å². The molecule has 0 aromatic heterocycles. The lowest BCUT2D eigenvalue weighted by molar-refractivity contribution is 0.415. The molecule has 0 saturated heterocycles. The van der Waals surface area contributed by atoms with Crippen LogP contribution in [0.15, 0.2) is 78.9 Å². The van der Waals surface area contributed by atoms with Crippen LogP contribution in [-0.4, -0.2) is 15.2 Å². The van der Waals surface area contributed by atoms with E-state index in [4.69, 9.17) is 4.74 Å². The highest BCUT2D eigenvalue weighted by molar-refractivity contribution is 7.08. The predicted octanol–water partition coefficient (Wildman–Crippen LogP) is 5.39. The van der Waals surface area contributed by atoms with Crippen LogP contribution in [-0.2, 0) is 6.04 Å². The van der Waals surface area contributed by atoms with Crippen LogP contribution >= 0.6 is 0 Å². The number of ether oxygens (including phenoxy) is 1. The summed E-state index contributed by atoms with van der Waals surface area (Å²) in [5, 5.41) is 3.25. The van der Waals surface area contributed by atoms with E-state index in [2.05, 4.69) is 78.9 Å². The third-order valence-electron chi connectivity index (χ3n) is 6.35. The molecular formula is C25H24OSi. The molecule has 0 radical (unpaired) electrons. The van der Waals surface area contributed by atoms with E-state index >= 15 is 0 Å². The summed E-state index contributed by atoms with van der Waals surface area (Å²) in [6, 6.07) is 31.7. The van der Waals surface area contributed by atoms with Gasteiger partial charge in [-0.3, -0.25) is 0 Å². The van der Waals surface area contributed by atoms with Gasteiger partial charge in [-0.25, -0.2) is 0 Å². The molecule has 0 saturated carbocycles. The maximum absolute atomic E-state index is 5.42. The minimum Gasteiger partial charge on any atom is -0.497 e. The normalized spacial score (nSPS) is 20.9. The molecule has 0 N–H and O–H groups in total. The molecule has 27 heavy (non-hydrogen) atoms. The number of hydrogen-bond donors (Lipinski definition) is 0. The van der Waals surface area contributed by atoms with Gasteiger partial charge in [-0.15, -0.1) is 0 Å². The first-order chi connectivity index (χ1) is 13.3. The van der Waals surface area contributed by atoms with Crippen molar-refractivity contribution in [1.82, 2.24) is 0 Å². The van der Waals surface area contributed by atoms with Crippen LogP contribution in [0.2, 0.25) is 6.04 Å². The molecule has 0 unspecified atom stereocenters. The third-order valence-corrected chi connectivity index (χ3v) is 11.5. The Balaban J connectivity index is 1.77. The van der Waals surface area contributed by atoms with E-state index in [0.29, 0.717) is 0 Å². The van der Waals surface area contributed by atoms with Gasteiger partial charge in [0.25, 0.3) is 0 Å². The number of hydrogen-bond acceptors (Lipinski definition) is 1. The van der Waals surface area contributed by atoms with Crippen LogP contribution < -0.4 is 9.92 Å². The Morgan fingerprint density at radius 3 is 2.33 bits per heavy atom. The zero-order valence-corrected chi connectivity index (χ0v) is 16.7. The van der Waals surface area contributed by atoms with Crippen molar-refractivity contribution < 1.29 is 4.74 Å². The Morgan fingerprint density at radius 1 is 0.815 bits per heavy atom. The monoisotopic (exact) mass is 368 g/mol. The molecule has 0 bridgehead atoms. The van der Waals surface area contributed by atoms with Crippen molar-refractivity contribution in [3.63, 3.8) is 0 Å². The van der Waals surface area contributed by atoms with Gasteiger partial charge in [-0.1, -0.05) is 78.3 Å². The fourth-order valence-electron chi connectivity index (χ4n) is 5.18. The lowest BCUT2D eigenvalue weighted by atomic mass is 9.97. The van der Waals surface area contributed by atoms with Crippen LogP contribution in [0.5, 0.6) is 5.75 Å². The summed E-state index contributed by atoms with van der Waals surface area (Å²) in [4.78, 5) is 0. The highest BCUT2D eigenvalue weighted by Crippen LogP contribution is 2.49. The van der Waals surface area contributed by atoms with E-state index in [1.807, 2.05) is 0 Å². The second-order valence-corrected chi connectivity index (χ2v) is 11.8. The van der Waals surface area contributed by atoms with Gasteiger partial charge in [0.1, 0.15) is 13.8 Å². The summed E-state index contributed by atoms with van der Waals surface area (Å²) in [5.41, 5.74) is 6.06. The Morgan fingerprint density at radius 2 is 1.56 bits per heavy atom. The molecule has 0 spiro atoms. The van der Waals surface area contributed by atoms with E-state index in [0.717, 1.165) is 5.75 Å². The van der Waals surface area contributed by atoms with E-state index in [9.17, 15) is 0 Å². The molecule has 2 heterocycles. The predicted molar refractivity (Wildman–Crippen MR) is 116 cm³/mol. The second-order valence-electron chi connectivity index (χ2n) is 7.72. The highest BCUT2D eigenvalue weighted by atomic mass is 28.3. The van der Waals surface area contributed by atoms with Gasteiger partial charge in [-0.05, 0) is 58.1 Å². The summed E-state index contributed by atoms with van der Waals surface area (Å²) >= 11 is 0. The van der Waals surface area contributed by atoms with Crippen molar-refractivity contribution in [2.24, 2.45) is 0 Å². The minimum absolute atomic E-state index is 0.948. The van der Waals surface area contributed by atoms with Crippen molar-refractivity contribution in [3.8, 4) is 5.75 Å². The van der Waals surface area contributed by atoms with Crippen molar-refractivity contribution in [3.05, 3.63) is 95.6 Å². The highest BCUT2D eigenvalue weighted by Gasteiger charge is 2.48. The van der Waals surface area contributed by atoms with E-state index in [1.165, 1.54) is 36.1 Å². The van der Waals surface area contributed by atoms with Crippen LogP contribution in [0.3, 0.4) is 0 Å². The smallest absolute Gasteiger partial charge is 0.123 e. The molecule has 0 aliphatic carbocycles. The molecule has 0 amide bonds. The van der Waals surface area contributed by atoms with Crippen molar-refractivity contribution in [2.75, 3.05) is 7.11 Å². The first kappa shape index (κ1) is 16.6. The van der Waals surface area contributed by atoms with Crippen LogP contribution in [0.4, 0.5) is 0 Å². The molecule has 134 valence electrons. The number of benzene rings is 3. The molecule has 2 aliphatic heterocycles. The summed E-state index contributed by atoms with van der Waals surface area (Å²) in [5.74, 6) is 0.948.